The maximum atomic E-state index is 10.6. The zero-order valence-corrected chi connectivity index (χ0v) is 16.9. The van der Waals surface area contributed by atoms with E-state index in [1.54, 1.807) is 12.1 Å². The summed E-state index contributed by atoms with van der Waals surface area (Å²) < 4.78 is 6.33. The number of rotatable bonds is 2. The molecule has 2 aromatic carbocycles. The van der Waals surface area contributed by atoms with Gasteiger partial charge in [-0.1, -0.05) is 19.9 Å². The smallest absolute Gasteiger partial charge is 0.127 e. The number of fused-ring (bicyclic) bond motifs is 4. The summed E-state index contributed by atoms with van der Waals surface area (Å²) in [5.41, 5.74) is 2.95. The zero-order valence-electron chi connectivity index (χ0n) is 16.9. The molecule has 2 aliphatic rings. The second kappa shape index (κ2) is 5.94. The third-order valence-electron chi connectivity index (χ3n) is 6.65. The van der Waals surface area contributed by atoms with Gasteiger partial charge in [0.1, 0.15) is 28.6 Å². The van der Waals surface area contributed by atoms with Crippen molar-refractivity contribution in [2.45, 2.75) is 57.5 Å². The van der Waals surface area contributed by atoms with Crippen LogP contribution in [-0.2, 0) is 18.3 Å². The summed E-state index contributed by atoms with van der Waals surface area (Å²) in [7, 11) is 0. The van der Waals surface area contributed by atoms with Crippen LogP contribution in [0.1, 0.15) is 55.9 Å². The monoisotopic (exact) mass is 380 g/mol. The van der Waals surface area contributed by atoms with Gasteiger partial charge in [-0.25, -0.2) is 0 Å². The summed E-state index contributed by atoms with van der Waals surface area (Å²) in [5, 5.41) is 31.0. The molecule has 0 aromatic heterocycles. The molecule has 4 heteroatoms. The van der Waals surface area contributed by atoms with E-state index in [0.717, 1.165) is 22.3 Å². The predicted octanol–water partition coefficient (Wildman–Crippen LogP) is 4.94. The molecule has 0 bridgehead atoms. The minimum atomic E-state index is -0.443. The topological polar surface area (TPSA) is 69.9 Å². The first-order valence-corrected chi connectivity index (χ1v) is 9.77. The molecule has 4 rings (SSSR count). The molecule has 0 radical (unpaired) electrons. The molecule has 0 amide bonds. The van der Waals surface area contributed by atoms with Crippen LogP contribution in [0.25, 0.3) is 0 Å². The van der Waals surface area contributed by atoms with Crippen LogP contribution >= 0.6 is 0 Å². The van der Waals surface area contributed by atoms with E-state index in [0.29, 0.717) is 18.6 Å². The summed E-state index contributed by atoms with van der Waals surface area (Å²) in [4.78, 5) is 0. The summed E-state index contributed by atoms with van der Waals surface area (Å²) in [6, 6.07) is 6.94. The van der Waals surface area contributed by atoms with Gasteiger partial charge in [-0.2, -0.15) is 0 Å². The number of hydrogen-bond donors (Lipinski definition) is 3. The van der Waals surface area contributed by atoms with Crippen molar-refractivity contribution in [3.63, 3.8) is 0 Å². The molecule has 2 unspecified atom stereocenters. The van der Waals surface area contributed by atoms with E-state index in [9.17, 15) is 15.3 Å². The first-order valence-electron chi connectivity index (χ1n) is 9.77. The number of hydrogen-bond acceptors (Lipinski definition) is 4. The normalized spacial score (nSPS) is 22.4. The van der Waals surface area contributed by atoms with Crippen LogP contribution in [-0.4, -0.2) is 20.9 Å². The second-order valence-corrected chi connectivity index (χ2v) is 9.26. The molecule has 1 heterocycles. The lowest BCUT2D eigenvalue weighted by atomic mass is 9.64. The highest BCUT2D eigenvalue weighted by atomic mass is 16.5. The van der Waals surface area contributed by atoms with Crippen molar-refractivity contribution < 1.29 is 20.1 Å². The molecule has 2 atom stereocenters. The lowest BCUT2D eigenvalue weighted by Crippen LogP contribution is -2.47. The Balaban J connectivity index is 1.89. The van der Waals surface area contributed by atoms with Gasteiger partial charge in [0.2, 0.25) is 0 Å². The fraction of sp³-hybridized carbons (Fsp3) is 0.417. The van der Waals surface area contributed by atoms with Gasteiger partial charge in [-0.15, -0.1) is 6.58 Å². The molecule has 0 saturated carbocycles. The van der Waals surface area contributed by atoms with Crippen molar-refractivity contribution >= 4 is 0 Å². The number of phenolic OH excluding ortho intramolecular Hbond substituents is 3. The average Bonchev–Trinajstić information content (AvgIpc) is 2.59. The Labute approximate surface area is 166 Å². The van der Waals surface area contributed by atoms with E-state index in [-0.39, 0.29) is 34.5 Å². The first kappa shape index (κ1) is 18.7. The van der Waals surface area contributed by atoms with Crippen LogP contribution in [0.4, 0.5) is 0 Å². The van der Waals surface area contributed by atoms with Gasteiger partial charge in [0.05, 0.1) is 0 Å². The quantitative estimate of drug-likeness (QED) is 0.646. The summed E-state index contributed by atoms with van der Waals surface area (Å²) >= 11 is 0. The highest BCUT2D eigenvalue weighted by molar-refractivity contribution is 5.55. The Morgan fingerprint density at radius 1 is 1.07 bits per heavy atom. The van der Waals surface area contributed by atoms with Crippen molar-refractivity contribution in [1.82, 2.24) is 0 Å². The first-order chi connectivity index (χ1) is 13.0. The number of ether oxygens (including phenoxy) is 1. The van der Waals surface area contributed by atoms with Crippen molar-refractivity contribution in [2.75, 3.05) is 0 Å². The molecular formula is C24H28O4. The van der Waals surface area contributed by atoms with Gasteiger partial charge >= 0.3 is 0 Å². The lowest BCUT2D eigenvalue weighted by Gasteiger charge is -2.48. The van der Waals surface area contributed by atoms with Crippen molar-refractivity contribution in [3.05, 3.63) is 59.2 Å². The lowest BCUT2D eigenvalue weighted by molar-refractivity contribution is 0.00610. The summed E-state index contributed by atoms with van der Waals surface area (Å²) in [5.74, 6) is 1.50. The number of allylic oxidation sites excluding steroid dienone is 1. The molecule has 2 aromatic rings. The minimum Gasteiger partial charge on any atom is -0.508 e. The van der Waals surface area contributed by atoms with E-state index in [4.69, 9.17) is 4.74 Å². The third-order valence-corrected chi connectivity index (χ3v) is 6.65. The van der Waals surface area contributed by atoms with Gasteiger partial charge in [-0.05, 0) is 61.4 Å². The predicted molar refractivity (Wildman–Crippen MR) is 109 cm³/mol. The van der Waals surface area contributed by atoms with E-state index < -0.39 is 5.60 Å². The number of phenols is 3. The highest BCUT2D eigenvalue weighted by Gasteiger charge is 2.47. The molecule has 0 fully saturated rings. The van der Waals surface area contributed by atoms with Gasteiger partial charge in [0.25, 0.3) is 0 Å². The molecule has 0 saturated heterocycles. The Kier molecular flexibility index (Phi) is 3.97. The molecule has 148 valence electrons. The van der Waals surface area contributed by atoms with Crippen molar-refractivity contribution in [1.29, 1.82) is 0 Å². The molecule has 28 heavy (non-hydrogen) atoms. The van der Waals surface area contributed by atoms with E-state index in [1.165, 1.54) is 6.07 Å². The second-order valence-electron chi connectivity index (χ2n) is 9.26. The number of benzene rings is 2. The fourth-order valence-electron chi connectivity index (χ4n) is 4.86. The van der Waals surface area contributed by atoms with E-state index in [1.807, 2.05) is 26.0 Å². The Morgan fingerprint density at radius 2 is 1.79 bits per heavy atom. The SMILES string of the molecule is C=CC(C)(C)c1cc2c(cc1O)OC(C)(C)C1Cc3c(O)cc(O)cc3CC21. The molecule has 3 N–H and O–H groups in total. The van der Waals surface area contributed by atoms with Gasteiger partial charge in [0, 0.05) is 29.0 Å². The summed E-state index contributed by atoms with van der Waals surface area (Å²) in [6.07, 6.45) is 3.23. The standard InChI is InChI=1S/C24H28O4/c1-6-23(2,3)19-11-17-16-8-13-7-14(25)9-20(26)15(13)10-18(16)24(4,5)28-22(17)12-21(19)27/h6-7,9,11-12,16,18,25-27H,1,8,10H2,2-5H3. The van der Waals surface area contributed by atoms with Crippen molar-refractivity contribution in [3.8, 4) is 23.0 Å². The Hall–Kier alpha value is -2.62. The molecular weight excluding hydrogens is 352 g/mol. The van der Waals surface area contributed by atoms with Gasteiger partial charge < -0.3 is 20.1 Å². The van der Waals surface area contributed by atoms with E-state index in [2.05, 4.69) is 20.4 Å². The maximum absolute atomic E-state index is 10.6. The van der Waals surface area contributed by atoms with Gasteiger partial charge in [-0.3, -0.25) is 0 Å². The average molecular weight is 380 g/mol. The highest BCUT2D eigenvalue weighted by Crippen LogP contribution is 2.54. The molecule has 1 aliphatic heterocycles. The summed E-state index contributed by atoms with van der Waals surface area (Å²) in [6.45, 7) is 12.1. The van der Waals surface area contributed by atoms with E-state index >= 15 is 0 Å². The van der Waals surface area contributed by atoms with Crippen molar-refractivity contribution in [2.24, 2.45) is 5.92 Å². The van der Waals surface area contributed by atoms with Crippen LogP contribution in [0.5, 0.6) is 23.0 Å². The van der Waals surface area contributed by atoms with Crippen LogP contribution in [0.15, 0.2) is 36.9 Å². The molecule has 0 spiro atoms. The van der Waals surface area contributed by atoms with Crippen LogP contribution in [0.2, 0.25) is 0 Å². The fourth-order valence-corrected chi connectivity index (χ4v) is 4.86. The Morgan fingerprint density at radius 3 is 2.46 bits per heavy atom. The Bertz CT molecular complexity index is 971. The zero-order chi connectivity index (χ0) is 20.4. The van der Waals surface area contributed by atoms with Crippen LogP contribution in [0, 0.1) is 5.92 Å². The number of aromatic hydroxyl groups is 3. The van der Waals surface area contributed by atoms with Gasteiger partial charge in [0.15, 0.2) is 0 Å². The minimum absolute atomic E-state index is 0.0837. The maximum Gasteiger partial charge on any atom is 0.127 e. The third kappa shape index (κ3) is 2.74. The van der Waals surface area contributed by atoms with Crippen LogP contribution in [0.3, 0.4) is 0 Å². The largest absolute Gasteiger partial charge is 0.508 e. The molecule has 1 aliphatic carbocycles. The van der Waals surface area contributed by atoms with Crippen LogP contribution < -0.4 is 4.74 Å². The molecule has 4 nitrogen and oxygen atoms in total.